The number of rotatable bonds is 2. The number of hydrogen-bond donors (Lipinski definition) is 0. The second-order valence-corrected chi connectivity index (χ2v) is 6.89. The number of allylic oxidation sites excluding steroid dienone is 2. The number of hydrogen-bond acceptors (Lipinski definition) is 4. The summed E-state index contributed by atoms with van der Waals surface area (Å²) in [5, 5.41) is 2.51. The summed E-state index contributed by atoms with van der Waals surface area (Å²) >= 11 is 0. The van der Waals surface area contributed by atoms with E-state index in [0.717, 1.165) is 4.90 Å². The molecule has 29 heavy (non-hydrogen) atoms. The average molecular weight is 385 g/mol. The van der Waals surface area contributed by atoms with Crippen molar-refractivity contribution in [2.75, 3.05) is 0 Å². The molecular formula is C22H15N3O4. The summed E-state index contributed by atoms with van der Waals surface area (Å²) in [6.07, 6.45) is 6.56. The fraction of sp³-hybridized carbons (Fsp3) is 0.0909. The van der Waals surface area contributed by atoms with Gasteiger partial charge in [0.1, 0.15) is 12.1 Å². The van der Waals surface area contributed by atoms with E-state index in [9.17, 15) is 19.2 Å². The number of imide groups is 1. The maximum Gasteiger partial charge on any atom is 0.276 e. The van der Waals surface area contributed by atoms with E-state index in [1.807, 2.05) is 0 Å². The summed E-state index contributed by atoms with van der Waals surface area (Å²) < 4.78 is 0. The average Bonchev–Trinajstić information content (AvgIpc) is 2.90. The van der Waals surface area contributed by atoms with Crippen molar-refractivity contribution < 1.29 is 19.2 Å². The maximum absolute atomic E-state index is 13.0. The third-order valence-electron chi connectivity index (χ3n) is 5.30. The SMILES string of the molecule is O=C1c2ccccc2C(=O)N1[C@H]1C(=O)N2[C@@H]1C=CC=CN2C(=O)c1ccccc1. The van der Waals surface area contributed by atoms with Crippen molar-refractivity contribution in [3.8, 4) is 0 Å². The molecule has 0 unspecified atom stereocenters. The molecule has 0 N–H and O–H groups in total. The van der Waals surface area contributed by atoms with E-state index >= 15 is 0 Å². The third-order valence-corrected chi connectivity index (χ3v) is 5.30. The second kappa shape index (κ2) is 6.27. The first-order valence-corrected chi connectivity index (χ1v) is 9.13. The molecule has 5 rings (SSSR count). The Balaban J connectivity index is 1.47. The molecule has 0 radical (unpaired) electrons. The van der Waals surface area contributed by atoms with E-state index in [-0.39, 0.29) is 17.0 Å². The molecule has 0 aliphatic carbocycles. The van der Waals surface area contributed by atoms with Crippen LogP contribution in [0.15, 0.2) is 79.0 Å². The Morgan fingerprint density at radius 1 is 0.793 bits per heavy atom. The first-order chi connectivity index (χ1) is 14.1. The van der Waals surface area contributed by atoms with Gasteiger partial charge < -0.3 is 0 Å². The molecule has 7 heteroatoms. The Labute approximate surface area is 166 Å². The van der Waals surface area contributed by atoms with E-state index in [1.54, 1.807) is 72.8 Å². The molecule has 4 amide bonds. The molecule has 3 heterocycles. The van der Waals surface area contributed by atoms with Gasteiger partial charge in [-0.25, -0.2) is 10.0 Å². The highest BCUT2D eigenvalue weighted by molar-refractivity contribution is 6.23. The number of hydrazine groups is 1. The van der Waals surface area contributed by atoms with Gasteiger partial charge in [0.2, 0.25) is 0 Å². The largest absolute Gasteiger partial charge is 0.276 e. The lowest BCUT2D eigenvalue weighted by Crippen LogP contribution is -2.74. The normalized spacial score (nSPS) is 22.3. The van der Waals surface area contributed by atoms with Crippen LogP contribution in [0.1, 0.15) is 31.1 Å². The van der Waals surface area contributed by atoms with Gasteiger partial charge >= 0.3 is 0 Å². The molecule has 1 saturated heterocycles. The lowest BCUT2D eigenvalue weighted by Gasteiger charge is -2.50. The van der Waals surface area contributed by atoms with E-state index in [4.69, 9.17) is 0 Å². The number of β-lactam (4-membered cyclic amide) rings is 1. The molecule has 0 aromatic heterocycles. The predicted molar refractivity (Wildman–Crippen MR) is 102 cm³/mol. The molecule has 2 aromatic rings. The molecule has 3 aliphatic rings. The van der Waals surface area contributed by atoms with Crippen molar-refractivity contribution in [3.05, 3.63) is 95.7 Å². The summed E-state index contributed by atoms with van der Waals surface area (Å²) in [5.41, 5.74) is 1.00. The summed E-state index contributed by atoms with van der Waals surface area (Å²) in [5.74, 6) is -1.83. The number of nitrogens with zero attached hydrogens (tertiary/aromatic N) is 3. The Kier molecular flexibility index (Phi) is 3.70. The van der Waals surface area contributed by atoms with Crippen molar-refractivity contribution >= 4 is 23.6 Å². The Morgan fingerprint density at radius 3 is 2.07 bits per heavy atom. The highest BCUT2D eigenvalue weighted by Gasteiger charge is 2.58. The van der Waals surface area contributed by atoms with Gasteiger partial charge in [-0.1, -0.05) is 42.5 Å². The van der Waals surface area contributed by atoms with Gasteiger partial charge in [0, 0.05) is 11.8 Å². The monoisotopic (exact) mass is 385 g/mol. The first kappa shape index (κ1) is 17.1. The number of carbonyl (C=O) groups excluding carboxylic acids is 4. The van der Waals surface area contributed by atoms with Gasteiger partial charge in [-0.3, -0.25) is 24.1 Å². The number of benzene rings is 2. The van der Waals surface area contributed by atoms with Gasteiger partial charge in [-0.05, 0) is 30.3 Å². The third kappa shape index (κ3) is 2.37. The highest BCUT2D eigenvalue weighted by atomic mass is 16.2. The fourth-order valence-corrected chi connectivity index (χ4v) is 3.90. The zero-order valence-corrected chi connectivity index (χ0v) is 15.1. The Morgan fingerprint density at radius 2 is 1.41 bits per heavy atom. The zero-order valence-electron chi connectivity index (χ0n) is 15.1. The van der Waals surface area contributed by atoms with Crippen molar-refractivity contribution in [1.82, 2.24) is 14.9 Å². The van der Waals surface area contributed by atoms with Gasteiger partial charge in [0.15, 0.2) is 0 Å². The van der Waals surface area contributed by atoms with Crippen LogP contribution in [0.5, 0.6) is 0 Å². The van der Waals surface area contributed by atoms with Gasteiger partial charge in [-0.2, -0.15) is 0 Å². The van der Waals surface area contributed by atoms with Crippen molar-refractivity contribution in [2.45, 2.75) is 12.1 Å². The predicted octanol–water partition coefficient (Wildman–Crippen LogP) is 2.00. The van der Waals surface area contributed by atoms with E-state index in [2.05, 4.69) is 0 Å². The van der Waals surface area contributed by atoms with Crippen molar-refractivity contribution in [3.63, 3.8) is 0 Å². The van der Waals surface area contributed by atoms with Crippen LogP contribution in [0.4, 0.5) is 0 Å². The number of amides is 4. The highest BCUT2D eigenvalue weighted by Crippen LogP contribution is 2.35. The lowest BCUT2D eigenvalue weighted by molar-refractivity contribution is -0.170. The zero-order chi connectivity index (χ0) is 20.1. The van der Waals surface area contributed by atoms with Gasteiger partial charge in [-0.15, -0.1) is 0 Å². The van der Waals surface area contributed by atoms with Crippen LogP contribution < -0.4 is 0 Å². The molecule has 0 saturated carbocycles. The smallest absolute Gasteiger partial charge is 0.270 e. The minimum atomic E-state index is -0.982. The van der Waals surface area contributed by atoms with Crippen molar-refractivity contribution in [1.29, 1.82) is 0 Å². The summed E-state index contributed by atoms with van der Waals surface area (Å²) in [6.45, 7) is 0. The van der Waals surface area contributed by atoms with E-state index < -0.39 is 29.8 Å². The fourth-order valence-electron chi connectivity index (χ4n) is 3.90. The first-order valence-electron chi connectivity index (χ1n) is 9.13. The summed E-state index contributed by atoms with van der Waals surface area (Å²) in [6, 6.07) is 13.5. The van der Waals surface area contributed by atoms with Crippen LogP contribution >= 0.6 is 0 Å². The topological polar surface area (TPSA) is 78.0 Å². The van der Waals surface area contributed by atoms with Crippen LogP contribution in [0, 0.1) is 0 Å². The number of fused-ring (bicyclic) bond motifs is 2. The molecule has 0 spiro atoms. The molecule has 3 aliphatic heterocycles. The molecule has 2 aromatic carbocycles. The second-order valence-electron chi connectivity index (χ2n) is 6.89. The molecular weight excluding hydrogens is 370 g/mol. The minimum Gasteiger partial charge on any atom is -0.270 e. The standard InChI is InChI=1S/C22H15N3O4/c26-19(14-8-2-1-3-9-14)23-13-7-6-12-17-18(22(29)25(17)23)24-20(27)15-10-4-5-11-16(15)21(24)28/h1-13,17-18H/t17-,18-/m1/s1. The molecule has 7 nitrogen and oxygen atoms in total. The van der Waals surface area contributed by atoms with Crippen LogP contribution in [-0.2, 0) is 4.79 Å². The van der Waals surface area contributed by atoms with Crippen LogP contribution in [0.2, 0.25) is 0 Å². The van der Waals surface area contributed by atoms with Crippen LogP contribution in [0.25, 0.3) is 0 Å². The van der Waals surface area contributed by atoms with Crippen LogP contribution in [-0.4, -0.2) is 50.6 Å². The molecule has 2 atom stereocenters. The Bertz CT molecular complexity index is 1090. The van der Waals surface area contributed by atoms with Gasteiger partial charge in [0.05, 0.1) is 11.1 Å². The van der Waals surface area contributed by atoms with Crippen LogP contribution in [0.3, 0.4) is 0 Å². The van der Waals surface area contributed by atoms with E-state index in [1.165, 1.54) is 16.2 Å². The molecule has 142 valence electrons. The lowest BCUT2D eigenvalue weighted by atomic mass is 9.95. The molecule has 1 fully saturated rings. The van der Waals surface area contributed by atoms with Crippen molar-refractivity contribution in [2.24, 2.45) is 0 Å². The Hall–Kier alpha value is -4.00. The quantitative estimate of drug-likeness (QED) is 0.585. The molecule has 0 bridgehead atoms. The summed E-state index contributed by atoms with van der Waals surface area (Å²) in [4.78, 5) is 52.6. The van der Waals surface area contributed by atoms with Gasteiger partial charge in [0.25, 0.3) is 23.6 Å². The minimum absolute atomic E-state index is 0.289. The van der Waals surface area contributed by atoms with E-state index in [0.29, 0.717) is 5.56 Å². The maximum atomic E-state index is 13.0. The number of carbonyl (C=O) groups is 4. The summed E-state index contributed by atoms with van der Waals surface area (Å²) in [7, 11) is 0.